The van der Waals surface area contributed by atoms with Crippen LogP contribution in [-0.2, 0) is 6.42 Å². The van der Waals surface area contributed by atoms with Crippen molar-refractivity contribution in [2.45, 2.75) is 25.8 Å². The first-order valence-corrected chi connectivity index (χ1v) is 8.93. The lowest BCUT2D eigenvalue weighted by molar-refractivity contribution is 0.519. The second kappa shape index (κ2) is 7.69. The number of thiophene rings is 1. The number of halogens is 3. The molecule has 0 aliphatic carbocycles. The lowest BCUT2D eigenvalue weighted by Gasteiger charge is -2.17. The Kier molecular flexibility index (Phi) is 6.20. The molecule has 0 spiro atoms. The average molecular weight is 421 g/mol. The molecule has 5 heteroatoms. The standard InChI is InChI=1S/C15H16Br2FNS/c1-2-7-19-13(14-5-6-15(17)20-14)8-10-3-4-11(16)9-12(10)18/h3-6,9,13,19H,2,7-8H2,1H3. The molecule has 0 radical (unpaired) electrons. The summed E-state index contributed by atoms with van der Waals surface area (Å²) in [5, 5.41) is 3.50. The van der Waals surface area contributed by atoms with Crippen LogP contribution in [-0.4, -0.2) is 6.54 Å². The van der Waals surface area contributed by atoms with Crippen LogP contribution in [0, 0.1) is 5.82 Å². The maximum Gasteiger partial charge on any atom is 0.127 e. The first kappa shape index (κ1) is 16.1. The van der Waals surface area contributed by atoms with E-state index in [1.807, 2.05) is 18.2 Å². The lowest BCUT2D eigenvalue weighted by Crippen LogP contribution is -2.23. The van der Waals surface area contributed by atoms with Crippen LogP contribution in [0.5, 0.6) is 0 Å². The van der Waals surface area contributed by atoms with Crippen molar-refractivity contribution in [3.8, 4) is 0 Å². The molecule has 1 nitrogen and oxygen atoms in total. The molecule has 108 valence electrons. The van der Waals surface area contributed by atoms with Crippen LogP contribution in [0.4, 0.5) is 4.39 Å². The third-order valence-electron chi connectivity index (χ3n) is 3.02. The highest BCUT2D eigenvalue weighted by Gasteiger charge is 2.16. The Bertz CT molecular complexity index is 571. The monoisotopic (exact) mass is 419 g/mol. The predicted molar refractivity (Wildman–Crippen MR) is 90.9 cm³/mol. The summed E-state index contributed by atoms with van der Waals surface area (Å²) in [5.41, 5.74) is 0.742. The topological polar surface area (TPSA) is 12.0 Å². The van der Waals surface area contributed by atoms with Crippen LogP contribution in [0.1, 0.15) is 29.8 Å². The summed E-state index contributed by atoms with van der Waals surface area (Å²) >= 11 is 8.48. The molecular weight excluding hydrogens is 405 g/mol. The second-order valence-corrected chi connectivity index (χ2v) is 8.00. The van der Waals surface area contributed by atoms with Crippen LogP contribution < -0.4 is 5.32 Å². The van der Waals surface area contributed by atoms with E-state index in [0.717, 1.165) is 26.8 Å². The number of hydrogen-bond donors (Lipinski definition) is 1. The fraction of sp³-hybridized carbons (Fsp3) is 0.333. The zero-order valence-corrected chi connectivity index (χ0v) is 15.1. The molecule has 1 aromatic carbocycles. The molecule has 1 unspecified atom stereocenters. The second-order valence-electron chi connectivity index (χ2n) is 4.59. The van der Waals surface area contributed by atoms with E-state index < -0.39 is 0 Å². The van der Waals surface area contributed by atoms with Crippen LogP contribution in [0.2, 0.25) is 0 Å². The normalized spacial score (nSPS) is 12.6. The van der Waals surface area contributed by atoms with Gasteiger partial charge in [0.25, 0.3) is 0 Å². The van der Waals surface area contributed by atoms with Gasteiger partial charge in [0.15, 0.2) is 0 Å². The summed E-state index contributed by atoms with van der Waals surface area (Å²) < 4.78 is 15.9. The molecule has 0 fully saturated rings. The van der Waals surface area contributed by atoms with Crippen molar-refractivity contribution in [1.82, 2.24) is 5.32 Å². The molecule has 2 aromatic rings. The Morgan fingerprint density at radius 2 is 2.05 bits per heavy atom. The van der Waals surface area contributed by atoms with Crippen molar-refractivity contribution in [3.63, 3.8) is 0 Å². The minimum atomic E-state index is -0.154. The summed E-state index contributed by atoms with van der Waals surface area (Å²) in [7, 11) is 0. The first-order valence-electron chi connectivity index (χ1n) is 6.52. The molecular formula is C15H16Br2FNS. The average Bonchev–Trinajstić information content (AvgIpc) is 2.83. The van der Waals surface area contributed by atoms with Gasteiger partial charge in [0.1, 0.15) is 5.82 Å². The van der Waals surface area contributed by atoms with Gasteiger partial charge in [0, 0.05) is 15.4 Å². The van der Waals surface area contributed by atoms with Gasteiger partial charge in [-0.25, -0.2) is 4.39 Å². The van der Waals surface area contributed by atoms with E-state index in [-0.39, 0.29) is 11.9 Å². The van der Waals surface area contributed by atoms with Gasteiger partial charge in [0.05, 0.1) is 3.79 Å². The number of hydrogen-bond acceptors (Lipinski definition) is 2. The maximum absolute atomic E-state index is 14.0. The molecule has 0 aliphatic heterocycles. The van der Waals surface area contributed by atoms with Crippen molar-refractivity contribution in [2.75, 3.05) is 6.54 Å². The highest BCUT2D eigenvalue weighted by atomic mass is 79.9. The fourth-order valence-corrected chi connectivity index (χ4v) is 3.85. The van der Waals surface area contributed by atoms with Crippen LogP contribution in [0.25, 0.3) is 0 Å². The Morgan fingerprint density at radius 3 is 2.65 bits per heavy atom. The molecule has 20 heavy (non-hydrogen) atoms. The van der Waals surface area contributed by atoms with Crippen molar-refractivity contribution < 1.29 is 4.39 Å². The van der Waals surface area contributed by atoms with Gasteiger partial charge >= 0.3 is 0 Å². The first-order chi connectivity index (χ1) is 9.60. The van der Waals surface area contributed by atoms with Crippen LogP contribution in [0.15, 0.2) is 38.6 Å². The Balaban J connectivity index is 2.18. The highest BCUT2D eigenvalue weighted by molar-refractivity contribution is 9.11. The van der Waals surface area contributed by atoms with Gasteiger partial charge in [-0.05, 0) is 65.1 Å². The Morgan fingerprint density at radius 1 is 1.25 bits per heavy atom. The summed E-state index contributed by atoms with van der Waals surface area (Å²) in [6.07, 6.45) is 1.72. The molecule has 1 aromatic heterocycles. The molecule has 0 saturated heterocycles. The molecule has 1 heterocycles. The summed E-state index contributed by atoms with van der Waals surface area (Å²) in [4.78, 5) is 1.23. The summed E-state index contributed by atoms with van der Waals surface area (Å²) in [5.74, 6) is -0.154. The van der Waals surface area contributed by atoms with Crippen molar-refractivity contribution in [1.29, 1.82) is 0 Å². The lowest BCUT2D eigenvalue weighted by atomic mass is 10.0. The molecule has 1 atom stereocenters. The van der Waals surface area contributed by atoms with E-state index in [2.05, 4.69) is 50.2 Å². The highest BCUT2D eigenvalue weighted by Crippen LogP contribution is 2.30. The smallest absolute Gasteiger partial charge is 0.127 e. The van der Waals surface area contributed by atoms with E-state index in [4.69, 9.17) is 0 Å². The zero-order valence-electron chi connectivity index (χ0n) is 11.1. The van der Waals surface area contributed by atoms with Gasteiger partial charge in [-0.1, -0.05) is 28.9 Å². The van der Waals surface area contributed by atoms with Gasteiger partial charge in [0.2, 0.25) is 0 Å². The molecule has 0 aliphatic rings. The van der Waals surface area contributed by atoms with Crippen LogP contribution >= 0.6 is 43.2 Å². The van der Waals surface area contributed by atoms with Gasteiger partial charge in [-0.15, -0.1) is 11.3 Å². The molecule has 1 N–H and O–H groups in total. The van der Waals surface area contributed by atoms with Crippen LogP contribution in [0.3, 0.4) is 0 Å². The van der Waals surface area contributed by atoms with Gasteiger partial charge in [-0.3, -0.25) is 0 Å². The summed E-state index contributed by atoms with van der Waals surface area (Å²) in [6.45, 7) is 3.06. The number of benzene rings is 1. The molecule has 0 bridgehead atoms. The Hall–Kier alpha value is -0.230. The maximum atomic E-state index is 14.0. The molecule has 2 rings (SSSR count). The summed E-state index contributed by atoms with van der Waals surface area (Å²) in [6, 6.07) is 9.55. The quantitative estimate of drug-likeness (QED) is 0.632. The molecule has 0 amide bonds. The van der Waals surface area contributed by atoms with E-state index in [9.17, 15) is 4.39 Å². The Labute approximate surface area is 139 Å². The fourth-order valence-electron chi connectivity index (χ4n) is 2.01. The van der Waals surface area contributed by atoms with E-state index in [0.29, 0.717) is 6.42 Å². The van der Waals surface area contributed by atoms with Crippen molar-refractivity contribution in [2.24, 2.45) is 0 Å². The molecule has 0 saturated carbocycles. The van der Waals surface area contributed by atoms with E-state index >= 15 is 0 Å². The number of rotatable bonds is 6. The van der Waals surface area contributed by atoms with Gasteiger partial charge in [-0.2, -0.15) is 0 Å². The third-order valence-corrected chi connectivity index (χ3v) is 5.25. The van der Waals surface area contributed by atoms with E-state index in [1.54, 1.807) is 11.3 Å². The zero-order chi connectivity index (χ0) is 14.5. The van der Waals surface area contributed by atoms with E-state index in [1.165, 1.54) is 10.9 Å². The SMILES string of the molecule is CCCNC(Cc1ccc(Br)cc1F)c1ccc(Br)s1. The predicted octanol–water partition coefficient (Wildman–Crippen LogP) is 5.70. The largest absolute Gasteiger partial charge is 0.309 e. The number of nitrogens with one attached hydrogen (secondary N) is 1. The van der Waals surface area contributed by atoms with Crippen molar-refractivity contribution in [3.05, 3.63) is 54.8 Å². The third kappa shape index (κ3) is 4.38. The van der Waals surface area contributed by atoms with Crippen molar-refractivity contribution >= 4 is 43.2 Å². The van der Waals surface area contributed by atoms with Gasteiger partial charge < -0.3 is 5.32 Å². The minimum Gasteiger partial charge on any atom is -0.309 e. The minimum absolute atomic E-state index is 0.154.